The summed E-state index contributed by atoms with van der Waals surface area (Å²) in [7, 11) is 0. The molecule has 0 aliphatic heterocycles. The van der Waals surface area contributed by atoms with Crippen LogP contribution in [0.1, 0.15) is 47.0 Å². The third-order valence-electron chi connectivity index (χ3n) is 4.34. The number of rotatable bonds is 4. The maximum Gasteiger partial charge on any atom is 0.309 e. The van der Waals surface area contributed by atoms with Gasteiger partial charge in [0.1, 0.15) is 0 Å². The van der Waals surface area contributed by atoms with Crippen LogP contribution in [0, 0.1) is 29.6 Å². The number of carboxylic acids is 1. The summed E-state index contributed by atoms with van der Waals surface area (Å²) < 4.78 is 0. The second-order valence-electron chi connectivity index (χ2n) is 6.09. The van der Waals surface area contributed by atoms with Crippen molar-refractivity contribution < 1.29 is 15.0 Å². The number of aliphatic carboxylic acids is 1. The zero-order valence-electron chi connectivity index (χ0n) is 11.4. The van der Waals surface area contributed by atoms with E-state index >= 15 is 0 Å². The van der Waals surface area contributed by atoms with Crippen LogP contribution in [0.15, 0.2) is 0 Å². The fourth-order valence-corrected chi connectivity index (χ4v) is 3.44. The van der Waals surface area contributed by atoms with Crippen LogP contribution in [0.5, 0.6) is 0 Å². The molecule has 0 aromatic rings. The lowest BCUT2D eigenvalue weighted by Crippen LogP contribution is -2.41. The van der Waals surface area contributed by atoms with Crippen molar-refractivity contribution in [2.45, 2.75) is 53.1 Å². The molecule has 2 N–H and O–H groups in total. The molecule has 0 amide bonds. The van der Waals surface area contributed by atoms with Crippen LogP contribution in [-0.4, -0.2) is 22.3 Å². The predicted octanol–water partition coefficient (Wildman–Crippen LogP) is 2.78. The smallest absolute Gasteiger partial charge is 0.309 e. The summed E-state index contributed by atoms with van der Waals surface area (Å²) >= 11 is 0. The SMILES string of the molecule is CC1CCC(C(C)C)[C@H](C(C(=O)O)C(C)O)C1. The molecule has 100 valence electrons. The molecule has 0 heterocycles. The quantitative estimate of drug-likeness (QED) is 0.797. The molecule has 1 aliphatic rings. The molecule has 4 unspecified atom stereocenters. The first-order chi connectivity index (χ1) is 7.84. The molecule has 17 heavy (non-hydrogen) atoms. The third kappa shape index (κ3) is 3.44. The summed E-state index contributed by atoms with van der Waals surface area (Å²) in [4.78, 5) is 11.4. The molecule has 3 heteroatoms. The van der Waals surface area contributed by atoms with Gasteiger partial charge in [-0.3, -0.25) is 4.79 Å². The number of hydrogen-bond acceptors (Lipinski definition) is 2. The summed E-state index contributed by atoms with van der Waals surface area (Å²) in [5.74, 6) is 0.178. The average Bonchev–Trinajstić information content (AvgIpc) is 2.15. The Labute approximate surface area is 104 Å². The van der Waals surface area contributed by atoms with Crippen molar-refractivity contribution in [3.8, 4) is 0 Å². The average molecular weight is 242 g/mol. The van der Waals surface area contributed by atoms with E-state index in [2.05, 4.69) is 20.8 Å². The number of carboxylic acid groups (broad SMARTS) is 1. The van der Waals surface area contributed by atoms with Gasteiger partial charge in [-0.25, -0.2) is 0 Å². The van der Waals surface area contributed by atoms with Crippen molar-refractivity contribution >= 4 is 5.97 Å². The highest BCUT2D eigenvalue weighted by Crippen LogP contribution is 2.42. The molecule has 0 aromatic heterocycles. The minimum atomic E-state index is -0.843. The standard InChI is InChI=1S/C14H26O3/c1-8(2)11-6-5-9(3)7-12(11)13(10(4)15)14(16)17/h8-13,15H,5-7H2,1-4H3,(H,16,17)/t9?,10?,11?,12-,13?/m1/s1. The Morgan fingerprint density at radius 3 is 2.18 bits per heavy atom. The summed E-state index contributed by atoms with van der Waals surface area (Å²) in [6.45, 7) is 8.11. The lowest BCUT2D eigenvalue weighted by molar-refractivity contribution is -0.151. The minimum absolute atomic E-state index is 0.122. The van der Waals surface area contributed by atoms with Crippen LogP contribution in [0.2, 0.25) is 0 Å². The molecule has 1 saturated carbocycles. The van der Waals surface area contributed by atoms with E-state index < -0.39 is 18.0 Å². The highest BCUT2D eigenvalue weighted by Gasteiger charge is 2.41. The van der Waals surface area contributed by atoms with Gasteiger partial charge in [0.2, 0.25) is 0 Å². The molecular formula is C14H26O3. The second kappa shape index (κ2) is 5.85. The van der Waals surface area contributed by atoms with E-state index in [9.17, 15) is 15.0 Å². The van der Waals surface area contributed by atoms with E-state index in [1.807, 2.05) is 0 Å². The van der Waals surface area contributed by atoms with Crippen LogP contribution in [0.4, 0.5) is 0 Å². The van der Waals surface area contributed by atoms with E-state index in [1.165, 1.54) is 6.42 Å². The molecule has 1 aliphatic carbocycles. The minimum Gasteiger partial charge on any atom is -0.481 e. The van der Waals surface area contributed by atoms with Gasteiger partial charge in [-0.2, -0.15) is 0 Å². The number of aliphatic hydroxyl groups excluding tert-OH is 1. The first-order valence-electron chi connectivity index (χ1n) is 6.75. The molecule has 0 saturated heterocycles. The fraction of sp³-hybridized carbons (Fsp3) is 0.929. The topological polar surface area (TPSA) is 57.5 Å². The monoisotopic (exact) mass is 242 g/mol. The maximum absolute atomic E-state index is 11.4. The number of hydrogen-bond donors (Lipinski definition) is 2. The van der Waals surface area contributed by atoms with Gasteiger partial charge in [0.05, 0.1) is 12.0 Å². The Hall–Kier alpha value is -0.570. The summed E-state index contributed by atoms with van der Waals surface area (Å²) in [6, 6.07) is 0. The molecule has 1 rings (SSSR count). The van der Waals surface area contributed by atoms with Crippen molar-refractivity contribution in [3.05, 3.63) is 0 Å². The zero-order valence-corrected chi connectivity index (χ0v) is 11.4. The lowest BCUT2D eigenvalue weighted by Gasteiger charge is -2.41. The highest BCUT2D eigenvalue weighted by molar-refractivity contribution is 5.71. The van der Waals surface area contributed by atoms with E-state index in [4.69, 9.17) is 0 Å². The van der Waals surface area contributed by atoms with Crippen LogP contribution in [-0.2, 0) is 4.79 Å². The first-order valence-corrected chi connectivity index (χ1v) is 6.75. The van der Waals surface area contributed by atoms with Crippen LogP contribution in [0.3, 0.4) is 0 Å². The third-order valence-corrected chi connectivity index (χ3v) is 4.34. The predicted molar refractivity (Wildman–Crippen MR) is 67.6 cm³/mol. The second-order valence-corrected chi connectivity index (χ2v) is 6.09. The largest absolute Gasteiger partial charge is 0.481 e. The van der Waals surface area contributed by atoms with Crippen molar-refractivity contribution in [1.29, 1.82) is 0 Å². The first kappa shape index (κ1) is 14.5. The normalized spacial score (nSPS) is 33.4. The van der Waals surface area contributed by atoms with E-state index in [0.717, 1.165) is 12.8 Å². The molecule has 1 fully saturated rings. The Balaban J connectivity index is 2.90. The zero-order chi connectivity index (χ0) is 13.2. The van der Waals surface area contributed by atoms with Gasteiger partial charge < -0.3 is 10.2 Å². The van der Waals surface area contributed by atoms with Crippen molar-refractivity contribution in [2.75, 3.05) is 0 Å². The van der Waals surface area contributed by atoms with Crippen molar-refractivity contribution in [3.63, 3.8) is 0 Å². The number of carbonyl (C=O) groups is 1. The van der Waals surface area contributed by atoms with Gasteiger partial charge >= 0.3 is 5.97 Å². The maximum atomic E-state index is 11.4. The van der Waals surface area contributed by atoms with Gasteiger partial charge in [0.25, 0.3) is 0 Å². The van der Waals surface area contributed by atoms with E-state index in [1.54, 1.807) is 6.92 Å². The molecule has 0 radical (unpaired) electrons. The lowest BCUT2D eigenvalue weighted by atomic mass is 9.64. The van der Waals surface area contributed by atoms with Crippen LogP contribution < -0.4 is 0 Å². The Morgan fingerprint density at radius 2 is 1.76 bits per heavy atom. The van der Waals surface area contributed by atoms with Gasteiger partial charge in [-0.15, -0.1) is 0 Å². The Kier molecular flexibility index (Phi) is 4.99. The van der Waals surface area contributed by atoms with E-state index in [0.29, 0.717) is 17.8 Å². The van der Waals surface area contributed by atoms with Gasteiger partial charge in [0, 0.05) is 0 Å². The van der Waals surface area contributed by atoms with Crippen molar-refractivity contribution in [1.82, 2.24) is 0 Å². The fourth-order valence-electron chi connectivity index (χ4n) is 3.44. The Morgan fingerprint density at radius 1 is 1.18 bits per heavy atom. The molecular weight excluding hydrogens is 216 g/mol. The molecule has 0 aromatic carbocycles. The van der Waals surface area contributed by atoms with E-state index in [-0.39, 0.29) is 5.92 Å². The number of aliphatic hydroxyl groups is 1. The highest BCUT2D eigenvalue weighted by atomic mass is 16.4. The molecule has 0 bridgehead atoms. The van der Waals surface area contributed by atoms with Gasteiger partial charge in [-0.05, 0) is 43.4 Å². The van der Waals surface area contributed by atoms with Crippen LogP contribution in [0.25, 0.3) is 0 Å². The van der Waals surface area contributed by atoms with Crippen molar-refractivity contribution in [2.24, 2.45) is 29.6 Å². The molecule has 3 nitrogen and oxygen atoms in total. The van der Waals surface area contributed by atoms with Gasteiger partial charge in [-0.1, -0.05) is 27.2 Å². The Bertz CT molecular complexity index is 260. The molecule has 5 atom stereocenters. The summed E-state index contributed by atoms with van der Waals surface area (Å²) in [5.41, 5.74) is 0. The van der Waals surface area contributed by atoms with Gasteiger partial charge in [0.15, 0.2) is 0 Å². The summed E-state index contributed by atoms with van der Waals surface area (Å²) in [5, 5.41) is 19.1. The van der Waals surface area contributed by atoms with Crippen LogP contribution >= 0.6 is 0 Å². The molecule has 0 spiro atoms. The summed E-state index contributed by atoms with van der Waals surface area (Å²) in [6.07, 6.45) is 2.46.